The third-order valence-corrected chi connectivity index (χ3v) is 21.9. The van der Waals surface area contributed by atoms with Gasteiger partial charge in [0.15, 0.2) is 0 Å². The van der Waals surface area contributed by atoms with Crippen LogP contribution in [0.25, 0.3) is 0 Å². The van der Waals surface area contributed by atoms with Gasteiger partial charge in [0.25, 0.3) is 30.1 Å². The van der Waals surface area contributed by atoms with E-state index in [4.69, 9.17) is 21.0 Å². The average Bonchev–Trinajstić information content (AvgIpc) is 3.22. The first-order valence-electron chi connectivity index (χ1n) is 23.1. The molecule has 0 radical (unpaired) electrons. The molecule has 0 aromatic rings. The van der Waals surface area contributed by atoms with Crippen LogP contribution in [0.15, 0.2) is 0 Å². The molecule has 0 saturated carbocycles. The van der Waals surface area contributed by atoms with E-state index in [1.165, 1.54) is 0 Å². The van der Waals surface area contributed by atoms with Gasteiger partial charge in [0.1, 0.15) is 5.25 Å². The number of nitriles is 4. The van der Waals surface area contributed by atoms with Crippen molar-refractivity contribution in [2.45, 2.75) is 215 Å². The van der Waals surface area contributed by atoms with Crippen molar-refractivity contribution in [2.75, 3.05) is 26.2 Å². The van der Waals surface area contributed by atoms with Crippen LogP contribution in [0.3, 0.4) is 0 Å². The summed E-state index contributed by atoms with van der Waals surface area (Å²) < 4.78 is 124. The fourth-order valence-corrected chi connectivity index (χ4v) is 18.8. The van der Waals surface area contributed by atoms with Crippen molar-refractivity contribution in [2.24, 2.45) is 0 Å². The molecule has 4 N–H and O–H groups in total. The fraction of sp³-hybridized carbons (Fsp3) is 0.905. The molecular formula is C42H78N8O8S4. The summed E-state index contributed by atoms with van der Waals surface area (Å²) in [6.07, 6.45) is 17.0. The standard InChI is InChI=1S/C42H78N8O8S4/c1-2-3-32-41(59(51,52)47-37-28-20-12-4-8-16-24-33-43)42(60(53,54)48-38-29-21-13-5-9-17-25-34-44,61(55,56)49-39-30-22-14-6-10-18-26-35-45)62(57,58)50-40-31-23-15-7-11-19-27-36-46/h41,47-50H,2-32,37-40H2,1H3. The Morgan fingerprint density at radius 2 is 0.613 bits per heavy atom. The Balaban J connectivity index is 6.98. The van der Waals surface area contributed by atoms with Crippen molar-refractivity contribution >= 4 is 40.1 Å². The molecule has 0 spiro atoms. The van der Waals surface area contributed by atoms with Gasteiger partial charge in [0.2, 0.25) is 10.0 Å². The second kappa shape index (κ2) is 35.9. The monoisotopic (exact) mass is 950 g/mol. The average molecular weight is 951 g/mol. The van der Waals surface area contributed by atoms with E-state index in [1.807, 2.05) is 0 Å². The maximum atomic E-state index is 14.9. The number of nitrogens with zero attached hydrogens (tertiary/aromatic N) is 4. The van der Waals surface area contributed by atoms with Crippen LogP contribution in [-0.4, -0.2) is 68.5 Å². The topological polar surface area (TPSA) is 280 Å². The molecular weight excluding hydrogens is 873 g/mol. The largest absolute Gasteiger partial charge is 0.330 e. The van der Waals surface area contributed by atoms with Crippen molar-refractivity contribution in [1.82, 2.24) is 18.9 Å². The highest BCUT2D eigenvalue weighted by Crippen LogP contribution is 2.40. The van der Waals surface area contributed by atoms with Crippen LogP contribution in [0.2, 0.25) is 0 Å². The van der Waals surface area contributed by atoms with Crippen LogP contribution in [0.1, 0.15) is 206 Å². The smallest absolute Gasteiger partial charge is 0.215 e. The summed E-state index contributed by atoms with van der Waals surface area (Å²) in [5.74, 6) is 0. The van der Waals surface area contributed by atoms with Crippen LogP contribution >= 0.6 is 0 Å². The minimum atomic E-state index is -5.57. The Bertz CT molecular complexity index is 1650. The van der Waals surface area contributed by atoms with E-state index in [1.54, 1.807) is 6.92 Å². The zero-order valence-electron chi connectivity index (χ0n) is 37.5. The number of hydrogen-bond acceptors (Lipinski definition) is 12. The Labute approximate surface area is 377 Å². The molecule has 0 saturated heterocycles. The lowest BCUT2D eigenvalue weighted by Crippen LogP contribution is -2.71. The molecule has 0 aromatic carbocycles. The molecule has 62 heavy (non-hydrogen) atoms. The van der Waals surface area contributed by atoms with Gasteiger partial charge in [-0.3, -0.25) is 0 Å². The van der Waals surface area contributed by atoms with Gasteiger partial charge in [-0.15, -0.1) is 0 Å². The van der Waals surface area contributed by atoms with Crippen molar-refractivity contribution in [3.63, 3.8) is 0 Å². The molecule has 0 rings (SSSR count). The Morgan fingerprint density at radius 3 is 0.871 bits per heavy atom. The van der Waals surface area contributed by atoms with E-state index in [9.17, 15) is 33.7 Å². The lowest BCUT2D eigenvalue weighted by molar-refractivity contribution is 0.492. The molecule has 0 aliphatic heterocycles. The Morgan fingerprint density at radius 1 is 0.371 bits per heavy atom. The minimum absolute atomic E-state index is 0.0139. The molecule has 0 aliphatic carbocycles. The molecule has 0 aromatic heterocycles. The predicted molar refractivity (Wildman–Crippen MR) is 245 cm³/mol. The van der Waals surface area contributed by atoms with Gasteiger partial charge >= 0.3 is 3.41 Å². The zero-order valence-corrected chi connectivity index (χ0v) is 40.8. The van der Waals surface area contributed by atoms with Crippen LogP contribution in [0, 0.1) is 45.3 Å². The van der Waals surface area contributed by atoms with Crippen molar-refractivity contribution < 1.29 is 33.7 Å². The summed E-state index contributed by atoms with van der Waals surface area (Å²) >= 11 is 0. The highest BCUT2D eigenvalue weighted by Gasteiger charge is 2.72. The quantitative estimate of drug-likeness (QED) is 0.0424. The van der Waals surface area contributed by atoms with Gasteiger partial charge in [-0.2, -0.15) is 21.0 Å². The number of rotatable bonds is 44. The third-order valence-electron chi connectivity index (χ3n) is 10.8. The van der Waals surface area contributed by atoms with E-state index in [0.717, 1.165) is 83.5 Å². The first-order chi connectivity index (χ1) is 29.7. The Kier molecular flexibility index (Phi) is 34.5. The summed E-state index contributed by atoms with van der Waals surface area (Å²) in [7, 11) is -21.7. The van der Waals surface area contributed by atoms with Crippen LogP contribution in [-0.2, 0) is 40.1 Å². The second-order valence-corrected chi connectivity index (χ2v) is 24.5. The first kappa shape index (κ1) is 59.6. The van der Waals surface area contributed by atoms with Gasteiger partial charge in [0.05, 0.1) is 24.3 Å². The Hall–Kier alpha value is -2.40. The molecule has 0 fully saturated rings. The summed E-state index contributed by atoms with van der Waals surface area (Å²) in [5, 5.41) is 32.7. The van der Waals surface area contributed by atoms with Gasteiger partial charge < -0.3 is 0 Å². The van der Waals surface area contributed by atoms with E-state index < -0.39 is 55.2 Å². The maximum Gasteiger partial charge on any atom is 0.330 e. The van der Waals surface area contributed by atoms with Crippen LogP contribution in [0.5, 0.6) is 0 Å². The van der Waals surface area contributed by atoms with E-state index >= 15 is 0 Å². The van der Waals surface area contributed by atoms with Crippen molar-refractivity contribution in [3.05, 3.63) is 0 Å². The van der Waals surface area contributed by atoms with Crippen LogP contribution in [0.4, 0.5) is 0 Å². The summed E-state index contributed by atoms with van der Waals surface area (Å²) in [6.45, 7) is 0.571. The summed E-state index contributed by atoms with van der Waals surface area (Å²) in [5.41, 5.74) is 0. The van der Waals surface area contributed by atoms with Gasteiger partial charge in [0, 0.05) is 51.9 Å². The molecule has 0 bridgehead atoms. The van der Waals surface area contributed by atoms with Gasteiger partial charge in [-0.25, -0.2) is 52.6 Å². The molecule has 1 unspecified atom stereocenters. The first-order valence-corrected chi connectivity index (χ1v) is 29.1. The number of sulfonamides is 4. The van der Waals surface area contributed by atoms with Crippen molar-refractivity contribution in [1.29, 1.82) is 21.0 Å². The number of hydrogen-bond donors (Lipinski definition) is 4. The van der Waals surface area contributed by atoms with Gasteiger partial charge in [-0.1, -0.05) is 122 Å². The number of nitrogens with one attached hydrogen (secondary N) is 4. The molecule has 0 aliphatic rings. The lowest BCUT2D eigenvalue weighted by Gasteiger charge is -2.38. The molecule has 0 amide bonds. The van der Waals surface area contributed by atoms with Gasteiger partial charge in [-0.05, 0) is 57.8 Å². The van der Waals surface area contributed by atoms with E-state index in [-0.39, 0.29) is 51.9 Å². The summed E-state index contributed by atoms with van der Waals surface area (Å²) in [6, 6.07) is 8.38. The lowest BCUT2D eigenvalue weighted by atomic mass is 10.1. The zero-order chi connectivity index (χ0) is 46.5. The minimum Gasteiger partial charge on any atom is -0.215 e. The SMILES string of the molecule is CCCCC(C(S(=O)(=O)NCCCCCCCCC#N)(S(=O)(=O)NCCCCCCCCC#N)S(=O)(=O)NCCCCCCCCC#N)S(=O)(=O)NCCCCCCCCC#N. The molecule has 1 atom stereocenters. The van der Waals surface area contributed by atoms with E-state index in [0.29, 0.717) is 83.5 Å². The number of unbranched alkanes of at least 4 members (excludes halogenated alkanes) is 25. The third kappa shape index (κ3) is 23.5. The van der Waals surface area contributed by atoms with Crippen LogP contribution < -0.4 is 18.9 Å². The van der Waals surface area contributed by atoms with E-state index in [2.05, 4.69) is 43.2 Å². The second-order valence-electron chi connectivity index (χ2n) is 16.0. The molecule has 20 heteroatoms. The predicted octanol–water partition coefficient (Wildman–Crippen LogP) is 7.89. The summed E-state index contributed by atoms with van der Waals surface area (Å²) in [4.78, 5) is 0. The fourth-order valence-electron chi connectivity index (χ4n) is 7.24. The molecule has 0 heterocycles. The molecule has 358 valence electrons. The highest BCUT2D eigenvalue weighted by atomic mass is 32.3. The molecule has 16 nitrogen and oxygen atoms in total. The van der Waals surface area contributed by atoms with Crippen molar-refractivity contribution in [3.8, 4) is 24.3 Å². The highest BCUT2D eigenvalue weighted by molar-refractivity contribution is 8.25. The normalized spacial score (nSPS) is 12.9. The maximum absolute atomic E-state index is 14.9.